The average molecular weight is 368 g/mol. The molecule has 0 aliphatic carbocycles. The second-order valence-electron chi connectivity index (χ2n) is 4.87. The van der Waals surface area contributed by atoms with Crippen LogP contribution in [0.25, 0.3) is 0 Å². The van der Waals surface area contributed by atoms with Crippen molar-refractivity contribution in [2.75, 3.05) is 19.4 Å². The molecule has 21 heavy (non-hydrogen) atoms. The smallest absolute Gasteiger partial charge is 0.253 e. The van der Waals surface area contributed by atoms with Gasteiger partial charge in [0.1, 0.15) is 0 Å². The van der Waals surface area contributed by atoms with Crippen molar-refractivity contribution in [3.63, 3.8) is 0 Å². The number of carbonyl (C=O) groups is 1. The first-order valence-electron chi connectivity index (χ1n) is 6.47. The molecule has 3 nitrogen and oxygen atoms in total. The molecule has 0 heterocycles. The summed E-state index contributed by atoms with van der Waals surface area (Å²) < 4.78 is 0.961. The summed E-state index contributed by atoms with van der Waals surface area (Å²) in [7, 11) is 3.48. The molecular weight excluding hydrogens is 352 g/mol. The summed E-state index contributed by atoms with van der Waals surface area (Å²) in [6.45, 7) is 0.632. The van der Waals surface area contributed by atoms with Crippen LogP contribution in [0.15, 0.2) is 46.9 Å². The molecule has 5 heteroatoms. The van der Waals surface area contributed by atoms with Gasteiger partial charge in [0, 0.05) is 41.4 Å². The van der Waals surface area contributed by atoms with Crippen LogP contribution in [-0.4, -0.2) is 24.9 Å². The first-order valence-corrected chi connectivity index (χ1v) is 7.64. The third-order valence-corrected chi connectivity index (χ3v) is 3.88. The second kappa shape index (κ2) is 6.96. The molecule has 0 radical (unpaired) electrons. The Labute approximate surface area is 138 Å². The topological polar surface area (TPSA) is 32.3 Å². The molecule has 0 spiro atoms. The monoisotopic (exact) mass is 366 g/mol. The van der Waals surface area contributed by atoms with E-state index in [1.54, 1.807) is 19.0 Å². The Morgan fingerprint density at radius 3 is 2.43 bits per heavy atom. The number of amides is 1. The maximum atomic E-state index is 11.8. The quantitative estimate of drug-likeness (QED) is 0.868. The molecule has 1 amide bonds. The van der Waals surface area contributed by atoms with E-state index >= 15 is 0 Å². The fraction of sp³-hybridized carbons (Fsp3) is 0.188. The van der Waals surface area contributed by atoms with Crippen molar-refractivity contribution in [3.8, 4) is 0 Å². The average Bonchev–Trinajstić information content (AvgIpc) is 2.46. The fourth-order valence-electron chi connectivity index (χ4n) is 1.85. The summed E-state index contributed by atoms with van der Waals surface area (Å²) in [5.74, 6) is -0.00231. The molecule has 0 saturated heterocycles. The highest BCUT2D eigenvalue weighted by Crippen LogP contribution is 2.22. The highest BCUT2D eigenvalue weighted by molar-refractivity contribution is 9.10. The highest BCUT2D eigenvalue weighted by Gasteiger charge is 2.07. The summed E-state index contributed by atoms with van der Waals surface area (Å²) in [5, 5.41) is 4.01. The highest BCUT2D eigenvalue weighted by atomic mass is 79.9. The third-order valence-electron chi connectivity index (χ3n) is 3.04. The molecule has 2 aromatic carbocycles. The standard InChI is InChI=1S/C16H16BrClN2O/c1-20(2)16(21)11-4-7-14(8-5-11)19-10-12-3-6-13(17)9-15(12)18/h3-9,19H,10H2,1-2H3. The molecular formula is C16H16BrClN2O. The van der Waals surface area contributed by atoms with Crippen LogP contribution in [0.1, 0.15) is 15.9 Å². The van der Waals surface area contributed by atoms with Gasteiger partial charge in [0.15, 0.2) is 0 Å². The Balaban J connectivity index is 2.02. The third kappa shape index (κ3) is 4.22. The zero-order chi connectivity index (χ0) is 15.4. The number of anilines is 1. The Bertz CT molecular complexity index is 641. The fourth-order valence-corrected chi connectivity index (χ4v) is 2.59. The maximum absolute atomic E-state index is 11.8. The van der Waals surface area contributed by atoms with Gasteiger partial charge in [0.25, 0.3) is 5.91 Å². The normalized spacial score (nSPS) is 10.3. The summed E-state index contributed by atoms with van der Waals surface area (Å²) in [6, 6.07) is 13.2. The van der Waals surface area contributed by atoms with E-state index in [-0.39, 0.29) is 5.91 Å². The molecule has 2 rings (SSSR count). The van der Waals surface area contributed by atoms with E-state index < -0.39 is 0 Å². The minimum atomic E-state index is -0.00231. The SMILES string of the molecule is CN(C)C(=O)c1ccc(NCc2ccc(Br)cc2Cl)cc1. The van der Waals surface area contributed by atoms with Crippen LogP contribution in [0.4, 0.5) is 5.69 Å². The molecule has 2 aromatic rings. The van der Waals surface area contributed by atoms with E-state index in [9.17, 15) is 4.79 Å². The first kappa shape index (κ1) is 15.9. The van der Waals surface area contributed by atoms with Gasteiger partial charge in [-0.05, 0) is 42.0 Å². The van der Waals surface area contributed by atoms with E-state index in [0.29, 0.717) is 12.1 Å². The van der Waals surface area contributed by atoms with Crippen LogP contribution < -0.4 is 5.32 Å². The number of halogens is 2. The molecule has 0 aliphatic rings. The predicted molar refractivity (Wildman–Crippen MR) is 90.9 cm³/mol. The number of rotatable bonds is 4. The van der Waals surface area contributed by atoms with Crippen molar-refractivity contribution in [2.45, 2.75) is 6.54 Å². The van der Waals surface area contributed by atoms with Gasteiger partial charge in [-0.3, -0.25) is 4.79 Å². The minimum Gasteiger partial charge on any atom is -0.381 e. The molecule has 0 aromatic heterocycles. The molecule has 0 saturated carbocycles. The van der Waals surface area contributed by atoms with Gasteiger partial charge in [-0.2, -0.15) is 0 Å². The van der Waals surface area contributed by atoms with Gasteiger partial charge in [-0.25, -0.2) is 0 Å². The zero-order valence-corrected chi connectivity index (χ0v) is 14.2. The summed E-state index contributed by atoms with van der Waals surface area (Å²) in [6.07, 6.45) is 0. The van der Waals surface area contributed by atoms with Crippen molar-refractivity contribution in [1.82, 2.24) is 4.90 Å². The molecule has 1 N–H and O–H groups in total. The van der Waals surface area contributed by atoms with Crippen LogP contribution in [0.3, 0.4) is 0 Å². The van der Waals surface area contributed by atoms with Crippen molar-refractivity contribution in [2.24, 2.45) is 0 Å². The van der Waals surface area contributed by atoms with E-state index in [0.717, 1.165) is 20.7 Å². The molecule has 110 valence electrons. The molecule has 0 unspecified atom stereocenters. The zero-order valence-electron chi connectivity index (χ0n) is 11.9. The Morgan fingerprint density at radius 1 is 1.19 bits per heavy atom. The summed E-state index contributed by atoms with van der Waals surface area (Å²) in [4.78, 5) is 13.4. The maximum Gasteiger partial charge on any atom is 0.253 e. The number of nitrogens with zero attached hydrogens (tertiary/aromatic N) is 1. The molecule has 0 atom stereocenters. The number of benzene rings is 2. The predicted octanol–water partition coefficient (Wildman–Crippen LogP) is 4.42. The number of hydrogen-bond donors (Lipinski definition) is 1. The van der Waals surface area contributed by atoms with Crippen LogP contribution in [0.5, 0.6) is 0 Å². The Hall–Kier alpha value is -1.52. The van der Waals surface area contributed by atoms with Crippen molar-refractivity contribution in [3.05, 3.63) is 63.1 Å². The lowest BCUT2D eigenvalue weighted by Gasteiger charge is -2.12. The molecule has 0 bridgehead atoms. The number of hydrogen-bond acceptors (Lipinski definition) is 2. The Kier molecular flexibility index (Phi) is 5.26. The first-order chi connectivity index (χ1) is 9.97. The molecule has 0 aliphatic heterocycles. The minimum absolute atomic E-state index is 0.00231. The van der Waals surface area contributed by atoms with Gasteiger partial charge in [-0.1, -0.05) is 33.6 Å². The van der Waals surface area contributed by atoms with Crippen molar-refractivity contribution >= 4 is 39.1 Å². The summed E-state index contributed by atoms with van der Waals surface area (Å²) >= 11 is 9.56. The van der Waals surface area contributed by atoms with E-state index in [4.69, 9.17) is 11.6 Å². The van der Waals surface area contributed by atoms with Gasteiger partial charge in [0.05, 0.1) is 0 Å². The Morgan fingerprint density at radius 2 is 1.86 bits per heavy atom. The summed E-state index contributed by atoms with van der Waals surface area (Å²) in [5.41, 5.74) is 2.64. The lowest BCUT2D eigenvalue weighted by atomic mass is 10.1. The van der Waals surface area contributed by atoms with E-state index in [2.05, 4.69) is 21.2 Å². The molecule has 0 fully saturated rings. The van der Waals surface area contributed by atoms with E-state index in [1.807, 2.05) is 42.5 Å². The number of nitrogens with one attached hydrogen (secondary N) is 1. The van der Waals surface area contributed by atoms with Crippen molar-refractivity contribution in [1.29, 1.82) is 0 Å². The number of carbonyl (C=O) groups excluding carboxylic acids is 1. The second-order valence-corrected chi connectivity index (χ2v) is 6.19. The van der Waals surface area contributed by atoms with Crippen molar-refractivity contribution < 1.29 is 4.79 Å². The van der Waals surface area contributed by atoms with Crippen LogP contribution in [0, 0.1) is 0 Å². The van der Waals surface area contributed by atoms with Gasteiger partial charge in [0.2, 0.25) is 0 Å². The lowest BCUT2D eigenvalue weighted by molar-refractivity contribution is 0.0827. The van der Waals surface area contributed by atoms with Crippen LogP contribution in [0.2, 0.25) is 5.02 Å². The van der Waals surface area contributed by atoms with Crippen LogP contribution in [-0.2, 0) is 6.54 Å². The van der Waals surface area contributed by atoms with Gasteiger partial charge in [-0.15, -0.1) is 0 Å². The van der Waals surface area contributed by atoms with Crippen LogP contribution >= 0.6 is 27.5 Å². The largest absolute Gasteiger partial charge is 0.381 e. The lowest BCUT2D eigenvalue weighted by Crippen LogP contribution is -2.21. The van der Waals surface area contributed by atoms with Gasteiger partial charge >= 0.3 is 0 Å². The van der Waals surface area contributed by atoms with Gasteiger partial charge < -0.3 is 10.2 Å². The van der Waals surface area contributed by atoms with E-state index in [1.165, 1.54) is 0 Å².